The molecule has 0 unspecified atom stereocenters. The zero-order valence-corrected chi connectivity index (χ0v) is 17.2. The van der Waals surface area contributed by atoms with Crippen molar-refractivity contribution in [1.29, 1.82) is 0 Å². The molecule has 0 saturated carbocycles. The van der Waals surface area contributed by atoms with Crippen LogP contribution >= 0.6 is 11.6 Å². The fourth-order valence-electron chi connectivity index (χ4n) is 3.58. The molecule has 3 heterocycles. The predicted octanol–water partition coefficient (Wildman–Crippen LogP) is 4.06. The highest BCUT2D eigenvalue weighted by Crippen LogP contribution is 2.29. The van der Waals surface area contributed by atoms with E-state index in [2.05, 4.69) is 15.5 Å². The smallest absolute Gasteiger partial charge is 0.267 e. The molecule has 0 aliphatic rings. The van der Waals surface area contributed by atoms with Crippen LogP contribution in [0.15, 0.2) is 77.9 Å². The third kappa shape index (κ3) is 3.25. The van der Waals surface area contributed by atoms with E-state index in [0.717, 1.165) is 21.5 Å². The minimum absolute atomic E-state index is 0.341. The molecular formula is C23H16ClN5O2. The Bertz CT molecular complexity index is 1510. The largest absolute Gasteiger partial charge is 0.280 e. The van der Waals surface area contributed by atoms with Gasteiger partial charge in [0.2, 0.25) is 0 Å². The Labute approximate surface area is 181 Å². The van der Waals surface area contributed by atoms with Crippen molar-refractivity contribution in [1.82, 2.24) is 19.3 Å². The van der Waals surface area contributed by atoms with Gasteiger partial charge in [0.1, 0.15) is 0 Å². The summed E-state index contributed by atoms with van der Waals surface area (Å²) in [4.78, 5) is 29.9. The van der Waals surface area contributed by atoms with Crippen molar-refractivity contribution >= 4 is 34.1 Å². The van der Waals surface area contributed by atoms with E-state index in [1.165, 1.54) is 12.4 Å². The number of aromatic nitrogens is 4. The van der Waals surface area contributed by atoms with Crippen LogP contribution in [0.25, 0.3) is 27.7 Å². The lowest BCUT2D eigenvalue weighted by atomic mass is 10.1. The maximum Gasteiger partial charge on any atom is 0.280 e. The number of amides is 1. The summed E-state index contributed by atoms with van der Waals surface area (Å²) in [5.41, 5.74) is 6.51. The first kappa shape index (κ1) is 19.0. The molecule has 0 radical (unpaired) electrons. The van der Waals surface area contributed by atoms with Gasteiger partial charge < -0.3 is 0 Å². The standard InChI is InChI=1S/C23H16ClN5O2/c1-14-20(15-7-9-17(24)10-8-15)21-25-13-18-19(29(21)26-14)11-12-28(23(18)31)27-22(30)16-5-3-2-4-6-16/h2-13H,1H3,(H,27,30). The molecule has 0 atom stereocenters. The number of benzene rings is 2. The second-order valence-electron chi connectivity index (χ2n) is 7.06. The number of halogens is 1. The van der Waals surface area contributed by atoms with E-state index in [-0.39, 0.29) is 5.91 Å². The van der Waals surface area contributed by atoms with Gasteiger partial charge in [-0.25, -0.2) is 14.2 Å². The average Bonchev–Trinajstić information content (AvgIpc) is 3.13. The molecule has 3 aromatic heterocycles. The highest BCUT2D eigenvalue weighted by atomic mass is 35.5. The second kappa shape index (κ2) is 7.37. The van der Waals surface area contributed by atoms with Gasteiger partial charge >= 0.3 is 0 Å². The Morgan fingerprint density at radius 3 is 2.52 bits per heavy atom. The zero-order valence-electron chi connectivity index (χ0n) is 16.4. The number of aryl methyl sites for hydroxylation is 1. The van der Waals surface area contributed by atoms with Gasteiger partial charge in [-0.05, 0) is 42.8 Å². The molecule has 31 heavy (non-hydrogen) atoms. The summed E-state index contributed by atoms with van der Waals surface area (Å²) < 4.78 is 2.81. The van der Waals surface area contributed by atoms with Crippen LogP contribution < -0.4 is 11.0 Å². The molecule has 0 aliphatic carbocycles. The summed E-state index contributed by atoms with van der Waals surface area (Å²) in [6.45, 7) is 1.89. The van der Waals surface area contributed by atoms with Gasteiger partial charge in [0, 0.05) is 28.5 Å². The summed E-state index contributed by atoms with van der Waals surface area (Å²) in [6.07, 6.45) is 3.03. The minimum atomic E-state index is -0.391. The first-order valence-electron chi connectivity index (χ1n) is 9.55. The molecule has 0 spiro atoms. The van der Waals surface area contributed by atoms with Gasteiger partial charge in [-0.1, -0.05) is 41.9 Å². The zero-order chi connectivity index (χ0) is 21.5. The molecule has 7 nitrogen and oxygen atoms in total. The minimum Gasteiger partial charge on any atom is -0.267 e. The first-order chi connectivity index (χ1) is 15.0. The van der Waals surface area contributed by atoms with Crippen molar-refractivity contribution in [3.05, 3.63) is 99.7 Å². The quantitative estimate of drug-likeness (QED) is 0.469. The predicted molar refractivity (Wildman–Crippen MR) is 120 cm³/mol. The van der Waals surface area contributed by atoms with Crippen molar-refractivity contribution < 1.29 is 4.79 Å². The highest BCUT2D eigenvalue weighted by Gasteiger charge is 2.17. The number of hydrogen-bond donors (Lipinski definition) is 1. The van der Waals surface area contributed by atoms with E-state index < -0.39 is 5.56 Å². The van der Waals surface area contributed by atoms with Gasteiger partial charge in [0.15, 0.2) is 5.65 Å². The monoisotopic (exact) mass is 429 g/mol. The Hall–Kier alpha value is -3.97. The number of carbonyl (C=O) groups excluding carboxylic acids is 1. The van der Waals surface area contributed by atoms with E-state index in [4.69, 9.17) is 11.6 Å². The highest BCUT2D eigenvalue weighted by molar-refractivity contribution is 6.30. The summed E-state index contributed by atoms with van der Waals surface area (Å²) >= 11 is 6.01. The number of carbonyl (C=O) groups is 1. The van der Waals surface area contributed by atoms with Crippen molar-refractivity contribution in [3.63, 3.8) is 0 Å². The molecule has 5 aromatic rings. The van der Waals surface area contributed by atoms with Crippen LogP contribution in [-0.4, -0.2) is 25.2 Å². The number of hydrogen-bond acceptors (Lipinski definition) is 4. The molecule has 0 saturated heterocycles. The molecule has 152 valence electrons. The molecule has 2 aromatic carbocycles. The lowest BCUT2D eigenvalue weighted by Crippen LogP contribution is -2.32. The van der Waals surface area contributed by atoms with Crippen LogP contribution in [0.2, 0.25) is 5.02 Å². The molecule has 5 rings (SSSR count). The molecule has 0 bridgehead atoms. The van der Waals surface area contributed by atoms with Gasteiger partial charge in [-0.3, -0.25) is 15.0 Å². The molecular weight excluding hydrogens is 414 g/mol. The lowest BCUT2D eigenvalue weighted by molar-refractivity contribution is 0.101. The van der Waals surface area contributed by atoms with Crippen molar-refractivity contribution in [3.8, 4) is 11.1 Å². The van der Waals surface area contributed by atoms with Crippen LogP contribution in [0.5, 0.6) is 0 Å². The van der Waals surface area contributed by atoms with E-state index in [9.17, 15) is 9.59 Å². The maximum absolute atomic E-state index is 13.0. The van der Waals surface area contributed by atoms with Crippen LogP contribution in [-0.2, 0) is 0 Å². The summed E-state index contributed by atoms with van der Waals surface area (Å²) in [5.74, 6) is -0.379. The fraction of sp³-hybridized carbons (Fsp3) is 0.0435. The third-order valence-corrected chi connectivity index (χ3v) is 5.33. The maximum atomic E-state index is 13.0. The molecule has 1 amide bonds. The summed E-state index contributed by atoms with van der Waals surface area (Å²) in [5, 5.41) is 5.59. The molecule has 0 fully saturated rings. The average molecular weight is 430 g/mol. The topological polar surface area (TPSA) is 81.3 Å². The Kier molecular flexibility index (Phi) is 4.52. The van der Waals surface area contributed by atoms with Gasteiger partial charge in [-0.15, -0.1) is 0 Å². The number of nitrogens with zero attached hydrogens (tertiary/aromatic N) is 4. The van der Waals surface area contributed by atoms with Crippen molar-refractivity contribution in [2.24, 2.45) is 0 Å². The van der Waals surface area contributed by atoms with E-state index in [1.54, 1.807) is 34.8 Å². The van der Waals surface area contributed by atoms with Crippen molar-refractivity contribution in [2.45, 2.75) is 6.92 Å². The lowest BCUT2D eigenvalue weighted by Gasteiger charge is -2.09. The number of pyridine rings is 1. The van der Waals surface area contributed by atoms with Gasteiger partial charge in [0.05, 0.1) is 16.6 Å². The summed E-state index contributed by atoms with van der Waals surface area (Å²) in [6, 6.07) is 17.9. The molecule has 1 N–H and O–H groups in total. The Morgan fingerprint density at radius 1 is 1.03 bits per heavy atom. The van der Waals surface area contributed by atoms with Crippen LogP contribution in [0.4, 0.5) is 0 Å². The number of rotatable bonds is 3. The Morgan fingerprint density at radius 2 is 1.77 bits per heavy atom. The SMILES string of the molecule is Cc1nn2c(ncc3c(=O)n(NC(=O)c4ccccc4)ccc32)c1-c1ccc(Cl)cc1. The molecule has 8 heteroatoms. The van der Waals surface area contributed by atoms with Gasteiger partial charge in [0.25, 0.3) is 11.5 Å². The van der Waals surface area contributed by atoms with Crippen LogP contribution in [0, 0.1) is 6.92 Å². The van der Waals surface area contributed by atoms with Crippen LogP contribution in [0.3, 0.4) is 0 Å². The van der Waals surface area contributed by atoms with Gasteiger partial charge in [-0.2, -0.15) is 5.10 Å². The first-order valence-corrected chi connectivity index (χ1v) is 9.93. The molecule has 0 aliphatic heterocycles. The van der Waals surface area contributed by atoms with Crippen LogP contribution in [0.1, 0.15) is 16.1 Å². The Balaban J connectivity index is 1.61. The van der Waals surface area contributed by atoms with E-state index in [0.29, 0.717) is 27.1 Å². The fourth-order valence-corrected chi connectivity index (χ4v) is 3.71. The normalized spacial score (nSPS) is 11.2. The van der Waals surface area contributed by atoms with Crippen molar-refractivity contribution in [2.75, 3.05) is 5.43 Å². The number of fused-ring (bicyclic) bond motifs is 3. The van der Waals surface area contributed by atoms with E-state index >= 15 is 0 Å². The summed E-state index contributed by atoms with van der Waals surface area (Å²) in [7, 11) is 0. The number of nitrogens with one attached hydrogen (secondary N) is 1. The third-order valence-electron chi connectivity index (χ3n) is 5.08. The second-order valence-corrected chi connectivity index (χ2v) is 7.49. The van der Waals surface area contributed by atoms with E-state index in [1.807, 2.05) is 37.3 Å².